The van der Waals surface area contributed by atoms with Gasteiger partial charge in [-0.05, 0) is 13.3 Å². The summed E-state index contributed by atoms with van der Waals surface area (Å²) in [6.45, 7) is 4.58. The van der Waals surface area contributed by atoms with E-state index in [2.05, 4.69) is 16.6 Å². The van der Waals surface area contributed by atoms with Crippen molar-refractivity contribution in [3.63, 3.8) is 0 Å². The molecule has 0 aromatic rings. The maximum Gasteiger partial charge on any atom is 0.408 e. The Labute approximate surface area is 98.6 Å². The predicted molar refractivity (Wildman–Crippen MR) is 59.1 cm³/mol. The van der Waals surface area contributed by atoms with Crippen molar-refractivity contribution < 1.29 is 24.2 Å². The smallest absolute Gasteiger partial charge is 0.408 e. The van der Waals surface area contributed by atoms with Gasteiger partial charge in [0, 0.05) is 6.42 Å². The molecule has 17 heavy (non-hydrogen) atoms. The molecule has 0 rings (SSSR count). The third-order valence-corrected chi connectivity index (χ3v) is 2.05. The number of primary amides is 1. The van der Waals surface area contributed by atoms with Crippen LogP contribution in [0.2, 0.25) is 0 Å². The molecule has 0 aliphatic carbocycles. The van der Waals surface area contributed by atoms with Crippen molar-refractivity contribution in [2.45, 2.75) is 25.3 Å². The zero-order valence-corrected chi connectivity index (χ0v) is 9.56. The summed E-state index contributed by atoms with van der Waals surface area (Å²) in [4.78, 5) is 32.8. The minimum absolute atomic E-state index is 0.0304. The molecule has 0 bridgehead atoms. The molecule has 0 aromatic heterocycles. The van der Waals surface area contributed by atoms with Crippen LogP contribution in [0.3, 0.4) is 0 Å². The molecule has 1 atom stereocenters. The molecule has 0 spiro atoms. The van der Waals surface area contributed by atoms with Crippen molar-refractivity contribution in [1.82, 2.24) is 5.32 Å². The summed E-state index contributed by atoms with van der Waals surface area (Å²) in [5.41, 5.74) is 3.33. The van der Waals surface area contributed by atoms with Gasteiger partial charge in [0.25, 0.3) is 0 Å². The quantitative estimate of drug-likeness (QED) is 0.545. The lowest BCUT2D eigenvalue weighted by Gasteiger charge is -2.25. The molecular weight excluding hydrogens is 228 g/mol. The average molecular weight is 244 g/mol. The predicted octanol–water partition coefficient (Wildman–Crippen LogP) is 0.00740. The molecule has 7 heteroatoms. The molecule has 0 aliphatic heterocycles. The van der Waals surface area contributed by atoms with Gasteiger partial charge < -0.3 is 20.9 Å². The van der Waals surface area contributed by atoms with Crippen molar-refractivity contribution in [3.8, 4) is 0 Å². The monoisotopic (exact) mass is 244 g/mol. The highest BCUT2D eigenvalue weighted by Crippen LogP contribution is 2.13. The van der Waals surface area contributed by atoms with Crippen LogP contribution in [-0.4, -0.2) is 35.2 Å². The Morgan fingerprint density at radius 3 is 2.53 bits per heavy atom. The Balaban J connectivity index is 4.49. The Hall–Kier alpha value is -2.05. The summed E-state index contributed by atoms with van der Waals surface area (Å²) in [5.74, 6) is -1.91. The van der Waals surface area contributed by atoms with Gasteiger partial charge in [0.2, 0.25) is 5.91 Å². The summed E-state index contributed by atoms with van der Waals surface area (Å²) in [7, 11) is 0. The number of carbonyl (C=O) groups excluding carboxylic acids is 2. The lowest BCUT2D eigenvalue weighted by Crippen LogP contribution is -2.52. The van der Waals surface area contributed by atoms with E-state index >= 15 is 0 Å². The van der Waals surface area contributed by atoms with Gasteiger partial charge in [-0.1, -0.05) is 12.7 Å². The zero-order valence-electron chi connectivity index (χ0n) is 9.56. The van der Waals surface area contributed by atoms with E-state index in [4.69, 9.17) is 10.8 Å². The van der Waals surface area contributed by atoms with E-state index in [1.165, 1.54) is 13.0 Å². The normalized spacial score (nSPS) is 13.2. The van der Waals surface area contributed by atoms with Crippen molar-refractivity contribution in [1.29, 1.82) is 0 Å². The molecule has 0 unspecified atom stereocenters. The van der Waals surface area contributed by atoms with Crippen molar-refractivity contribution >= 4 is 18.0 Å². The van der Waals surface area contributed by atoms with Crippen LogP contribution < -0.4 is 11.1 Å². The maximum atomic E-state index is 11.2. The largest absolute Gasteiger partial charge is 0.480 e. The van der Waals surface area contributed by atoms with Crippen molar-refractivity contribution in [3.05, 3.63) is 12.7 Å². The van der Waals surface area contributed by atoms with Crippen LogP contribution >= 0.6 is 0 Å². The zero-order chi connectivity index (χ0) is 13.5. The Bertz CT molecular complexity index is 329. The third kappa shape index (κ3) is 5.55. The topological polar surface area (TPSA) is 119 Å². The number of nitrogens with two attached hydrogens (primary N) is 1. The number of amides is 2. The number of alkyl carbamates (subject to hydrolysis) is 1. The fourth-order valence-electron chi connectivity index (χ4n) is 0.992. The molecule has 2 amide bonds. The first kappa shape index (κ1) is 14.9. The molecule has 0 saturated carbocycles. The van der Waals surface area contributed by atoms with Crippen LogP contribution in [0.15, 0.2) is 12.7 Å². The summed E-state index contributed by atoms with van der Waals surface area (Å²) in [6.07, 6.45) is 0.200. The number of hydrogen-bond acceptors (Lipinski definition) is 4. The number of carbonyl (C=O) groups is 3. The SMILES string of the molecule is C=CCOC(=O)N[C@](C)(CCC(N)=O)C(=O)O. The Morgan fingerprint density at radius 2 is 2.12 bits per heavy atom. The lowest BCUT2D eigenvalue weighted by molar-refractivity contribution is -0.144. The van der Waals surface area contributed by atoms with Crippen LogP contribution in [0, 0.1) is 0 Å². The van der Waals surface area contributed by atoms with E-state index in [1.807, 2.05) is 0 Å². The van der Waals surface area contributed by atoms with E-state index in [-0.39, 0.29) is 19.4 Å². The van der Waals surface area contributed by atoms with Crippen LogP contribution in [0.4, 0.5) is 4.79 Å². The first-order valence-electron chi connectivity index (χ1n) is 4.89. The number of nitrogens with one attached hydrogen (secondary N) is 1. The fraction of sp³-hybridized carbons (Fsp3) is 0.500. The number of hydrogen-bond donors (Lipinski definition) is 3. The molecule has 0 aliphatic rings. The standard InChI is InChI=1S/C10H16N2O5/c1-3-6-17-9(16)12-10(2,8(14)15)5-4-7(11)13/h3H,1,4-6H2,2H3,(H2,11,13)(H,12,16)(H,14,15)/t10-/m1/s1. The van der Waals surface area contributed by atoms with Crippen LogP contribution in [0.5, 0.6) is 0 Å². The van der Waals surface area contributed by atoms with E-state index in [1.54, 1.807) is 0 Å². The van der Waals surface area contributed by atoms with Gasteiger partial charge in [0.1, 0.15) is 12.1 Å². The Kier molecular flexibility index (Phi) is 5.73. The van der Waals surface area contributed by atoms with Gasteiger partial charge in [-0.3, -0.25) is 4.79 Å². The molecule has 96 valence electrons. The van der Waals surface area contributed by atoms with Crippen LogP contribution in [0.25, 0.3) is 0 Å². The van der Waals surface area contributed by atoms with Crippen LogP contribution in [-0.2, 0) is 14.3 Å². The molecule has 0 fully saturated rings. The number of carboxylic acid groups (broad SMARTS) is 1. The first-order chi connectivity index (χ1) is 7.81. The second-order valence-corrected chi connectivity index (χ2v) is 3.62. The molecule has 0 saturated heterocycles. The van der Waals surface area contributed by atoms with Gasteiger partial charge in [-0.15, -0.1) is 0 Å². The van der Waals surface area contributed by atoms with E-state index < -0.39 is 23.5 Å². The van der Waals surface area contributed by atoms with Crippen molar-refractivity contribution in [2.75, 3.05) is 6.61 Å². The van der Waals surface area contributed by atoms with Gasteiger partial charge in [0.05, 0.1) is 0 Å². The molecule has 4 N–H and O–H groups in total. The fourth-order valence-corrected chi connectivity index (χ4v) is 0.992. The lowest BCUT2D eigenvalue weighted by atomic mass is 9.96. The van der Waals surface area contributed by atoms with E-state index in [9.17, 15) is 14.4 Å². The highest BCUT2D eigenvalue weighted by Gasteiger charge is 2.35. The number of rotatable bonds is 7. The number of ether oxygens (including phenoxy) is 1. The van der Waals surface area contributed by atoms with E-state index in [0.717, 1.165) is 0 Å². The van der Waals surface area contributed by atoms with Crippen LogP contribution in [0.1, 0.15) is 19.8 Å². The van der Waals surface area contributed by atoms with Crippen molar-refractivity contribution in [2.24, 2.45) is 5.73 Å². The summed E-state index contributed by atoms with van der Waals surface area (Å²) in [6, 6.07) is 0. The summed E-state index contributed by atoms with van der Waals surface area (Å²) < 4.78 is 4.60. The molecule has 0 aromatic carbocycles. The molecule has 0 heterocycles. The number of carboxylic acids is 1. The second-order valence-electron chi connectivity index (χ2n) is 3.62. The highest BCUT2D eigenvalue weighted by atomic mass is 16.5. The average Bonchev–Trinajstić information content (AvgIpc) is 2.23. The van der Waals surface area contributed by atoms with Gasteiger partial charge in [0.15, 0.2) is 0 Å². The second kappa shape index (κ2) is 6.51. The molecule has 7 nitrogen and oxygen atoms in total. The summed E-state index contributed by atoms with van der Waals surface area (Å²) in [5, 5.41) is 11.1. The van der Waals surface area contributed by atoms with Gasteiger partial charge >= 0.3 is 12.1 Å². The molecular formula is C10H16N2O5. The minimum atomic E-state index is -1.59. The first-order valence-corrected chi connectivity index (χ1v) is 4.89. The molecule has 0 radical (unpaired) electrons. The Morgan fingerprint density at radius 1 is 1.53 bits per heavy atom. The van der Waals surface area contributed by atoms with Gasteiger partial charge in [-0.25, -0.2) is 9.59 Å². The third-order valence-electron chi connectivity index (χ3n) is 2.05. The summed E-state index contributed by atoms with van der Waals surface area (Å²) >= 11 is 0. The maximum absolute atomic E-state index is 11.2. The minimum Gasteiger partial charge on any atom is -0.480 e. The number of aliphatic carboxylic acids is 1. The van der Waals surface area contributed by atoms with E-state index in [0.29, 0.717) is 0 Å². The van der Waals surface area contributed by atoms with Gasteiger partial charge in [-0.2, -0.15) is 0 Å². The highest BCUT2D eigenvalue weighted by molar-refractivity contribution is 5.85.